The lowest BCUT2D eigenvalue weighted by Crippen LogP contribution is -2.34. The molecule has 0 bridgehead atoms. The Balaban J connectivity index is 1.49. The van der Waals surface area contributed by atoms with Gasteiger partial charge in [0.2, 0.25) is 5.91 Å². The Hall–Kier alpha value is -3.39. The van der Waals surface area contributed by atoms with E-state index >= 15 is 0 Å². The van der Waals surface area contributed by atoms with Gasteiger partial charge in [0.25, 0.3) is 0 Å². The maximum atomic E-state index is 12.5. The Kier molecular flexibility index (Phi) is 5.67. The minimum Gasteiger partial charge on any atom is -0.497 e. The van der Waals surface area contributed by atoms with E-state index < -0.39 is 5.91 Å². The van der Waals surface area contributed by atoms with Crippen LogP contribution in [0.3, 0.4) is 0 Å². The third-order valence-corrected chi connectivity index (χ3v) is 5.46. The number of nitrogens with one attached hydrogen (secondary N) is 1. The van der Waals surface area contributed by atoms with E-state index in [-0.39, 0.29) is 11.6 Å². The van der Waals surface area contributed by atoms with Crippen molar-refractivity contribution in [2.45, 2.75) is 25.3 Å². The van der Waals surface area contributed by atoms with Crippen LogP contribution >= 0.6 is 0 Å². The first-order chi connectivity index (χ1) is 14.5. The Bertz CT molecular complexity index is 1090. The Labute approximate surface area is 174 Å². The summed E-state index contributed by atoms with van der Waals surface area (Å²) in [4.78, 5) is 29.1. The van der Waals surface area contributed by atoms with Crippen molar-refractivity contribution in [1.29, 1.82) is 0 Å². The molecule has 1 aliphatic heterocycles. The summed E-state index contributed by atoms with van der Waals surface area (Å²) in [6.07, 6.45) is 1.98. The van der Waals surface area contributed by atoms with Crippen LogP contribution in [0.2, 0.25) is 0 Å². The van der Waals surface area contributed by atoms with Gasteiger partial charge in [-0.2, -0.15) is 4.68 Å². The maximum absolute atomic E-state index is 12.5. The highest BCUT2D eigenvalue weighted by Gasteiger charge is 2.25. The van der Waals surface area contributed by atoms with Crippen molar-refractivity contribution in [2.75, 3.05) is 20.2 Å². The number of methoxy groups -OCH3 is 1. The first-order valence-electron chi connectivity index (χ1n) is 9.98. The van der Waals surface area contributed by atoms with Crippen molar-refractivity contribution in [3.8, 4) is 11.4 Å². The maximum Gasteiger partial charge on any atom is 0.348 e. The molecule has 1 fully saturated rings. The fourth-order valence-corrected chi connectivity index (χ4v) is 3.93. The summed E-state index contributed by atoms with van der Waals surface area (Å²) in [5.41, 5.74) is 7.40. The van der Waals surface area contributed by atoms with Gasteiger partial charge in [0.1, 0.15) is 11.6 Å². The number of aromatic amines is 1. The van der Waals surface area contributed by atoms with Crippen LogP contribution in [0.1, 0.15) is 40.5 Å². The van der Waals surface area contributed by atoms with Gasteiger partial charge in [0, 0.05) is 24.6 Å². The summed E-state index contributed by atoms with van der Waals surface area (Å²) < 4.78 is 6.56. The van der Waals surface area contributed by atoms with E-state index in [0.717, 1.165) is 43.8 Å². The summed E-state index contributed by atoms with van der Waals surface area (Å²) >= 11 is 0. The van der Waals surface area contributed by atoms with Crippen molar-refractivity contribution < 1.29 is 9.53 Å². The van der Waals surface area contributed by atoms with Gasteiger partial charge in [-0.05, 0) is 61.3 Å². The summed E-state index contributed by atoms with van der Waals surface area (Å²) in [5, 5.41) is 4.56. The molecule has 30 heavy (non-hydrogen) atoms. The number of primary amides is 1. The molecule has 0 unspecified atom stereocenters. The summed E-state index contributed by atoms with van der Waals surface area (Å²) in [5.74, 6) is 1.15. The van der Waals surface area contributed by atoms with Crippen molar-refractivity contribution in [3.63, 3.8) is 0 Å². The van der Waals surface area contributed by atoms with Crippen LogP contribution in [0, 0.1) is 0 Å². The number of benzene rings is 2. The summed E-state index contributed by atoms with van der Waals surface area (Å²) in [7, 11) is 1.60. The van der Waals surface area contributed by atoms with Crippen molar-refractivity contribution >= 4 is 5.91 Å². The van der Waals surface area contributed by atoms with E-state index in [1.54, 1.807) is 25.3 Å². The second-order valence-corrected chi connectivity index (χ2v) is 7.56. The number of piperidine rings is 1. The fraction of sp³-hybridized carbons (Fsp3) is 0.318. The topological polar surface area (TPSA) is 106 Å². The van der Waals surface area contributed by atoms with Crippen LogP contribution in [-0.2, 0) is 6.54 Å². The number of hydrogen-bond acceptors (Lipinski definition) is 5. The SMILES string of the molecule is COc1ccc(-n2nc([C@H]3CCCN(Cc4cccc(C(N)=O)c4)C3)[nH]c2=O)cc1. The first kappa shape index (κ1) is 19.9. The molecule has 8 heteroatoms. The van der Waals surface area contributed by atoms with E-state index in [2.05, 4.69) is 15.0 Å². The van der Waals surface area contributed by atoms with Gasteiger partial charge in [0.15, 0.2) is 0 Å². The number of amides is 1. The minimum absolute atomic E-state index is 0.144. The van der Waals surface area contributed by atoms with Crippen LogP contribution in [0.5, 0.6) is 5.75 Å². The van der Waals surface area contributed by atoms with E-state index in [0.29, 0.717) is 17.1 Å². The molecule has 8 nitrogen and oxygen atoms in total. The number of nitrogens with zero attached hydrogens (tertiary/aromatic N) is 3. The quantitative estimate of drug-likeness (QED) is 0.650. The number of carbonyl (C=O) groups is 1. The second kappa shape index (κ2) is 8.54. The smallest absolute Gasteiger partial charge is 0.348 e. The molecule has 3 N–H and O–H groups in total. The van der Waals surface area contributed by atoms with E-state index in [1.807, 2.05) is 30.3 Å². The average Bonchev–Trinajstić information content (AvgIpc) is 3.16. The first-order valence-corrected chi connectivity index (χ1v) is 9.98. The van der Waals surface area contributed by atoms with Crippen molar-refractivity contribution in [3.05, 3.63) is 76.0 Å². The largest absolute Gasteiger partial charge is 0.497 e. The molecule has 1 amide bonds. The summed E-state index contributed by atoms with van der Waals surface area (Å²) in [6, 6.07) is 14.6. The predicted molar refractivity (Wildman–Crippen MR) is 113 cm³/mol. The Morgan fingerprint density at radius 2 is 2.07 bits per heavy atom. The van der Waals surface area contributed by atoms with Gasteiger partial charge < -0.3 is 10.5 Å². The fourth-order valence-electron chi connectivity index (χ4n) is 3.93. The highest BCUT2D eigenvalue weighted by atomic mass is 16.5. The van der Waals surface area contributed by atoms with E-state index in [9.17, 15) is 9.59 Å². The molecule has 3 aromatic rings. The Morgan fingerprint density at radius 3 is 2.80 bits per heavy atom. The molecule has 0 saturated carbocycles. The molecule has 0 radical (unpaired) electrons. The van der Waals surface area contributed by atoms with E-state index in [1.165, 1.54) is 4.68 Å². The standard InChI is InChI=1S/C22H25N5O3/c1-30-19-9-7-18(8-10-19)27-22(29)24-21(25-27)17-6-3-11-26(14-17)13-15-4-2-5-16(12-15)20(23)28/h2,4-5,7-10,12,17H,3,6,11,13-14H2,1H3,(H2,23,28)(H,24,25,29)/t17-/m0/s1. The number of ether oxygens (including phenoxy) is 1. The molecule has 1 atom stereocenters. The van der Waals surface area contributed by atoms with E-state index in [4.69, 9.17) is 10.5 Å². The molecular formula is C22H25N5O3. The molecule has 1 saturated heterocycles. The third kappa shape index (κ3) is 4.28. The van der Waals surface area contributed by atoms with Crippen LogP contribution in [0.25, 0.3) is 5.69 Å². The summed E-state index contributed by atoms with van der Waals surface area (Å²) in [6.45, 7) is 2.47. The number of carbonyl (C=O) groups excluding carboxylic acids is 1. The molecule has 4 rings (SSSR count). The lowest BCUT2D eigenvalue weighted by atomic mass is 9.97. The number of nitrogens with two attached hydrogens (primary N) is 1. The van der Waals surface area contributed by atoms with Crippen LogP contribution < -0.4 is 16.2 Å². The zero-order valence-corrected chi connectivity index (χ0v) is 16.9. The number of H-pyrrole nitrogens is 1. The zero-order chi connectivity index (χ0) is 21.1. The molecule has 0 spiro atoms. The number of aromatic nitrogens is 3. The van der Waals surface area contributed by atoms with Crippen molar-refractivity contribution in [1.82, 2.24) is 19.7 Å². The number of rotatable bonds is 6. The van der Waals surface area contributed by atoms with Crippen LogP contribution in [0.15, 0.2) is 53.3 Å². The molecule has 2 heterocycles. The van der Waals surface area contributed by atoms with Gasteiger partial charge in [0.05, 0.1) is 12.8 Å². The molecular weight excluding hydrogens is 382 g/mol. The minimum atomic E-state index is -0.421. The Morgan fingerprint density at radius 1 is 1.27 bits per heavy atom. The number of likely N-dealkylation sites (tertiary alicyclic amines) is 1. The molecule has 0 aliphatic carbocycles. The van der Waals surface area contributed by atoms with Crippen LogP contribution in [-0.4, -0.2) is 45.8 Å². The average molecular weight is 407 g/mol. The van der Waals surface area contributed by atoms with Gasteiger partial charge in [-0.1, -0.05) is 12.1 Å². The number of hydrogen-bond donors (Lipinski definition) is 2. The van der Waals surface area contributed by atoms with Gasteiger partial charge >= 0.3 is 5.69 Å². The molecule has 1 aliphatic rings. The monoisotopic (exact) mass is 407 g/mol. The molecule has 1 aromatic heterocycles. The lowest BCUT2D eigenvalue weighted by Gasteiger charge is -2.31. The molecule has 156 valence electrons. The van der Waals surface area contributed by atoms with Gasteiger partial charge in [-0.15, -0.1) is 5.10 Å². The van der Waals surface area contributed by atoms with Gasteiger partial charge in [-0.25, -0.2) is 4.79 Å². The highest BCUT2D eigenvalue weighted by molar-refractivity contribution is 5.92. The predicted octanol–water partition coefficient (Wildman–Crippen LogP) is 2.05. The van der Waals surface area contributed by atoms with Gasteiger partial charge in [-0.3, -0.25) is 14.7 Å². The zero-order valence-electron chi connectivity index (χ0n) is 16.9. The third-order valence-electron chi connectivity index (χ3n) is 5.46. The lowest BCUT2D eigenvalue weighted by molar-refractivity contribution is 0.1000. The highest BCUT2D eigenvalue weighted by Crippen LogP contribution is 2.25. The normalized spacial score (nSPS) is 17.0. The van der Waals surface area contributed by atoms with Crippen molar-refractivity contribution in [2.24, 2.45) is 5.73 Å². The van der Waals surface area contributed by atoms with Crippen LogP contribution in [0.4, 0.5) is 0 Å². The molecule has 2 aromatic carbocycles. The second-order valence-electron chi connectivity index (χ2n) is 7.56.